The largest absolute Gasteiger partial charge is 0.462 e. The van der Waals surface area contributed by atoms with E-state index in [1.807, 2.05) is 6.92 Å². The van der Waals surface area contributed by atoms with Gasteiger partial charge in [-0.1, -0.05) is 0 Å². The second-order valence-corrected chi connectivity index (χ2v) is 6.34. The minimum absolute atomic E-state index is 0.161. The number of nitro groups is 1. The maximum Gasteiger partial charge on any atom is 0.341 e. The number of nitrogens with one attached hydrogen (secondary N) is 1. The van der Waals surface area contributed by atoms with Crippen molar-refractivity contribution in [2.24, 2.45) is 0 Å². The molecule has 2 aromatic rings. The number of carbonyl (C=O) groups excluding carboxylic acids is 2. The highest BCUT2D eigenvalue weighted by Crippen LogP contribution is 2.33. The van der Waals surface area contributed by atoms with Crippen LogP contribution in [0.25, 0.3) is 0 Å². The van der Waals surface area contributed by atoms with Crippen molar-refractivity contribution in [3.63, 3.8) is 0 Å². The maximum atomic E-state index is 12.6. The van der Waals surface area contributed by atoms with Gasteiger partial charge < -0.3 is 10.1 Å². The Morgan fingerprint density at radius 1 is 1.40 bits per heavy atom. The first-order valence-corrected chi connectivity index (χ1v) is 8.42. The minimum atomic E-state index is -0.696. The Morgan fingerprint density at radius 2 is 2.08 bits per heavy atom. The molecule has 0 atom stereocenters. The highest BCUT2D eigenvalue weighted by atomic mass is 32.1. The Bertz CT molecular complexity index is 839. The van der Waals surface area contributed by atoms with Crippen LogP contribution in [0.1, 0.15) is 45.1 Å². The molecule has 0 aliphatic carbocycles. The summed E-state index contributed by atoms with van der Waals surface area (Å²) in [5.41, 5.74) is 0.424. The van der Waals surface area contributed by atoms with Crippen molar-refractivity contribution in [3.8, 4) is 0 Å². The van der Waals surface area contributed by atoms with Gasteiger partial charge in [-0.05, 0) is 33.3 Å². The van der Waals surface area contributed by atoms with Gasteiger partial charge in [0.05, 0.1) is 17.1 Å². The van der Waals surface area contributed by atoms with Crippen LogP contribution in [0.5, 0.6) is 0 Å². The summed E-state index contributed by atoms with van der Waals surface area (Å²) >= 11 is 1.22. The summed E-state index contributed by atoms with van der Waals surface area (Å²) in [5.74, 6) is -1.24. The number of carbonyl (C=O) groups is 2. The number of hydrogen-bond acceptors (Lipinski definition) is 7. The van der Waals surface area contributed by atoms with Crippen LogP contribution in [0.4, 0.5) is 10.7 Å². The summed E-state index contributed by atoms with van der Waals surface area (Å²) in [6.45, 7) is 7.48. The summed E-state index contributed by atoms with van der Waals surface area (Å²) in [4.78, 5) is 36.1. The molecule has 10 heteroatoms. The standard InChI is InChI=1S/C15H18N4O5S/c1-5-18-12(10(7-16-18)19(22)23)13(20)17-14-11(15(21)24-6-2)8(3)9(4)25-14/h7H,5-6H2,1-4H3,(H,17,20). The van der Waals surface area contributed by atoms with Gasteiger partial charge in [0.2, 0.25) is 5.69 Å². The van der Waals surface area contributed by atoms with E-state index in [0.29, 0.717) is 17.1 Å². The number of rotatable bonds is 6. The fourth-order valence-electron chi connectivity index (χ4n) is 2.31. The number of esters is 1. The number of nitrogens with zero attached hydrogens (tertiary/aromatic N) is 3. The van der Waals surface area contributed by atoms with Gasteiger partial charge in [0.1, 0.15) is 11.2 Å². The van der Waals surface area contributed by atoms with E-state index < -0.39 is 16.8 Å². The molecule has 1 N–H and O–H groups in total. The van der Waals surface area contributed by atoms with Crippen molar-refractivity contribution in [2.75, 3.05) is 11.9 Å². The molecule has 2 heterocycles. The van der Waals surface area contributed by atoms with E-state index in [2.05, 4.69) is 10.4 Å². The monoisotopic (exact) mass is 366 g/mol. The molecule has 25 heavy (non-hydrogen) atoms. The predicted molar refractivity (Wildman–Crippen MR) is 92.3 cm³/mol. The van der Waals surface area contributed by atoms with Crippen molar-refractivity contribution in [3.05, 3.63) is 38.0 Å². The molecule has 0 fully saturated rings. The zero-order chi connectivity index (χ0) is 18.7. The molecule has 0 aliphatic heterocycles. The molecule has 134 valence electrons. The second kappa shape index (κ2) is 7.43. The summed E-state index contributed by atoms with van der Waals surface area (Å²) in [7, 11) is 0. The normalized spacial score (nSPS) is 10.6. The quantitative estimate of drug-likeness (QED) is 0.477. The molecule has 0 radical (unpaired) electrons. The SMILES string of the molecule is CCOC(=O)c1c(NC(=O)c2c([N+](=O)[O-])cnn2CC)sc(C)c1C. The zero-order valence-corrected chi connectivity index (χ0v) is 15.1. The summed E-state index contributed by atoms with van der Waals surface area (Å²) in [6, 6.07) is 0. The molecule has 9 nitrogen and oxygen atoms in total. The van der Waals surface area contributed by atoms with Crippen LogP contribution in [-0.2, 0) is 11.3 Å². The number of aromatic nitrogens is 2. The van der Waals surface area contributed by atoms with Crippen LogP contribution in [-0.4, -0.2) is 33.2 Å². The molecule has 0 saturated heterocycles. The van der Waals surface area contributed by atoms with E-state index in [0.717, 1.165) is 11.1 Å². The Kier molecular flexibility index (Phi) is 5.52. The lowest BCUT2D eigenvalue weighted by Gasteiger charge is -2.08. The minimum Gasteiger partial charge on any atom is -0.462 e. The van der Waals surface area contributed by atoms with E-state index in [9.17, 15) is 19.7 Å². The summed E-state index contributed by atoms with van der Waals surface area (Å²) in [6.07, 6.45) is 1.04. The molecular formula is C15H18N4O5S. The highest BCUT2D eigenvalue weighted by Gasteiger charge is 2.29. The third-order valence-corrected chi connectivity index (χ3v) is 4.75. The molecule has 0 saturated carbocycles. The van der Waals surface area contributed by atoms with E-state index in [1.165, 1.54) is 16.0 Å². The predicted octanol–water partition coefficient (Wildman–Crippen LogP) is 2.92. The average molecular weight is 366 g/mol. The number of amides is 1. The topological polar surface area (TPSA) is 116 Å². The van der Waals surface area contributed by atoms with Crippen LogP contribution >= 0.6 is 11.3 Å². The first kappa shape index (κ1) is 18.6. The van der Waals surface area contributed by atoms with Crippen molar-refractivity contribution >= 4 is 33.9 Å². The van der Waals surface area contributed by atoms with Crippen LogP contribution in [0, 0.1) is 24.0 Å². The molecule has 2 rings (SSSR count). The maximum absolute atomic E-state index is 12.6. The number of hydrogen-bond donors (Lipinski definition) is 1. The van der Waals surface area contributed by atoms with Gasteiger partial charge in [0.25, 0.3) is 5.91 Å². The van der Waals surface area contributed by atoms with Crippen molar-refractivity contribution < 1.29 is 19.2 Å². The molecular weight excluding hydrogens is 348 g/mol. The van der Waals surface area contributed by atoms with Gasteiger partial charge >= 0.3 is 11.7 Å². The van der Waals surface area contributed by atoms with Crippen LogP contribution in [0.3, 0.4) is 0 Å². The van der Waals surface area contributed by atoms with Gasteiger partial charge in [-0.25, -0.2) is 4.79 Å². The Morgan fingerprint density at radius 3 is 2.64 bits per heavy atom. The van der Waals surface area contributed by atoms with E-state index in [-0.39, 0.29) is 23.6 Å². The molecule has 0 spiro atoms. The lowest BCUT2D eigenvalue weighted by Crippen LogP contribution is -2.20. The number of thiophene rings is 1. The first-order chi connectivity index (χ1) is 11.8. The van der Waals surface area contributed by atoms with Gasteiger partial charge in [0, 0.05) is 11.4 Å². The van der Waals surface area contributed by atoms with Crippen molar-refractivity contribution in [1.29, 1.82) is 0 Å². The first-order valence-electron chi connectivity index (χ1n) is 7.60. The molecule has 0 unspecified atom stereocenters. The lowest BCUT2D eigenvalue weighted by molar-refractivity contribution is -0.385. The van der Waals surface area contributed by atoms with E-state index in [4.69, 9.17) is 4.74 Å². The fraction of sp³-hybridized carbons (Fsp3) is 0.400. The van der Waals surface area contributed by atoms with Gasteiger partial charge in [-0.2, -0.15) is 5.10 Å². The molecule has 0 aromatic carbocycles. The van der Waals surface area contributed by atoms with Crippen LogP contribution in [0.2, 0.25) is 0 Å². The van der Waals surface area contributed by atoms with E-state index in [1.54, 1.807) is 20.8 Å². The average Bonchev–Trinajstić information content (AvgIpc) is 3.09. The Balaban J connectivity index is 2.43. The lowest BCUT2D eigenvalue weighted by atomic mass is 10.1. The van der Waals surface area contributed by atoms with Crippen LogP contribution in [0.15, 0.2) is 6.20 Å². The van der Waals surface area contributed by atoms with Crippen molar-refractivity contribution in [2.45, 2.75) is 34.2 Å². The molecule has 0 aliphatic rings. The molecule has 1 amide bonds. The highest BCUT2D eigenvalue weighted by molar-refractivity contribution is 7.16. The number of aryl methyl sites for hydroxylation is 2. The van der Waals surface area contributed by atoms with Gasteiger partial charge in [-0.15, -0.1) is 11.3 Å². The van der Waals surface area contributed by atoms with Crippen LogP contribution < -0.4 is 5.32 Å². The third kappa shape index (κ3) is 3.53. The Labute approximate surface area is 147 Å². The van der Waals surface area contributed by atoms with Gasteiger partial charge in [-0.3, -0.25) is 19.6 Å². The number of anilines is 1. The smallest absolute Gasteiger partial charge is 0.341 e. The van der Waals surface area contributed by atoms with Gasteiger partial charge in [0.15, 0.2) is 0 Å². The molecule has 0 bridgehead atoms. The second-order valence-electron chi connectivity index (χ2n) is 5.11. The van der Waals surface area contributed by atoms with E-state index >= 15 is 0 Å². The zero-order valence-electron chi connectivity index (χ0n) is 14.3. The Hall–Kier alpha value is -2.75. The molecule has 2 aromatic heterocycles. The summed E-state index contributed by atoms with van der Waals surface area (Å²) in [5, 5.41) is 17.9. The summed E-state index contributed by atoms with van der Waals surface area (Å²) < 4.78 is 6.27. The number of ether oxygens (including phenoxy) is 1. The third-order valence-electron chi connectivity index (χ3n) is 3.62. The van der Waals surface area contributed by atoms with Crippen molar-refractivity contribution in [1.82, 2.24) is 9.78 Å². The fourth-order valence-corrected chi connectivity index (χ4v) is 3.35.